The lowest BCUT2D eigenvalue weighted by atomic mass is 10.1. The quantitative estimate of drug-likeness (QED) is 0.743. The summed E-state index contributed by atoms with van der Waals surface area (Å²) < 4.78 is 0. The van der Waals surface area contributed by atoms with Gasteiger partial charge in [0.1, 0.15) is 11.2 Å². The molecule has 8 heteroatoms. The van der Waals surface area contributed by atoms with Gasteiger partial charge in [0.25, 0.3) is 5.91 Å². The van der Waals surface area contributed by atoms with E-state index in [2.05, 4.69) is 25.5 Å². The Morgan fingerprint density at radius 2 is 2.22 bits per heavy atom. The monoisotopic (exact) mass is 347 g/mol. The molecule has 3 rings (SSSR count). The normalized spacial score (nSPS) is 10.7. The predicted molar refractivity (Wildman–Crippen MR) is 89.7 cm³/mol. The molecule has 2 N–H and O–H groups in total. The number of aromatic amines is 1. The summed E-state index contributed by atoms with van der Waals surface area (Å²) in [6.07, 6.45) is 2.09. The third-order valence-corrected chi connectivity index (χ3v) is 4.79. The molecule has 2 heterocycles. The summed E-state index contributed by atoms with van der Waals surface area (Å²) in [7, 11) is 0. The minimum absolute atomic E-state index is 0.141. The molecule has 23 heavy (non-hydrogen) atoms. The Labute approximate surface area is 141 Å². The Morgan fingerprint density at radius 3 is 2.96 bits per heavy atom. The van der Waals surface area contributed by atoms with Gasteiger partial charge in [-0.25, -0.2) is 9.97 Å². The lowest BCUT2D eigenvalue weighted by Crippen LogP contribution is -2.25. The second-order valence-corrected chi connectivity index (χ2v) is 6.27. The number of hydrogen-bond acceptors (Lipinski definition) is 5. The summed E-state index contributed by atoms with van der Waals surface area (Å²) in [5.74, 6) is 0.422. The van der Waals surface area contributed by atoms with Crippen molar-refractivity contribution >= 4 is 28.8 Å². The molecular formula is C15H14ClN5OS. The van der Waals surface area contributed by atoms with Gasteiger partial charge in [0.05, 0.1) is 5.69 Å². The van der Waals surface area contributed by atoms with E-state index < -0.39 is 0 Å². The van der Waals surface area contributed by atoms with Crippen molar-refractivity contribution in [1.82, 2.24) is 25.5 Å². The molecule has 0 unspecified atom stereocenters. The minimum Gasteiger partial charge on any atom is -0.351 e. The van der Waals surface area contributed by atoms with Crippen molar-refractivity contribution in [3.05, 3.63) is 51.7 Å². The maximum absolute atomic E-state index is 12.3. The largest absolute Gasteiger partial charge is 0.351 e. The van der Waals surface area contributed by atoms with Crippen LogP contribution in [0.1, 0.15) is 20.9 Å². The summed E-state index contributed by atoms with van der Waals surface area (Å²) in [4.78, 5) is 21.3. The molecule has 1 amide bonds. The highest BCUT2D eigenvalue weighted by Gasteiger charge is 2.17. The lowest BCUT2D eigenvalue weighted by Gasteiger charge is -2.05. The van der Waals surface area contributed by atoms with E-state index in [0.717, 1.165) is 5.56 Å². The van der Waals surface area contributed by atoms with Crippen LogP contribution in [0.15, 0.2) is 30.6 Å². The van der Waals surface area contributed by atoms with Crippen LogP contribution < -0.4 is 5.32 Å². The molecule has 0 aliphatic heterocycles. The smallest absolute Gasteiger partial charge is 0.263 e. The highest BCUT2D eigenvalue weighted by Crippen LogP contribution is 2.24. The summed E-state index contributed by atoms with van der Waals surface area (Å²) in [6.45, 7) is 2.32. The van der Waals surface area contributed by atoms with Crippen LogP contribution in [0.25, 0.3) is 10.8 Å². The number of aryl methyl sites for hydroxylation is 1. The zero-order chi connectivity index (χ0) is 16.2. The number of nitrogens with one attached hydrogen (secondary N) is 2. The van der Waals surface area contributed by atoms with Gasteiger partial charge >= 0.3 is 0 Å². The van der Waals surface area contributed by atoms with E-state index >= 15 is 0 Å². The highest BCUT2D eigenvalue weighted by molar-refractivity contribution is 7.17. The average molecular weight is 348 g/mol. The first-order chi connectivity index (χ1) is 11.1. The molecule has 0 spiro atoms. The van der Waals surface area contributed by atoms with Crippen molar-refractivity contribution in [3.8, 4) is 10.8 Å². The summed E-state index contributed by atoms with van der Waals surface area (Å²) >= 11 is 7.40. The molecule has 0 radical (unpaired) electrons. The molecule has 3 aromatic rings. The molecule has 118 valence electrons. The average Bonchev–Trinajstić information content (AvgIpc) is 3.18. The fourth-order valence-electron chi connectivity index (χ4n) is 2.11. The zero-order valence-corrected chi connectivity index (χ0v) is 13.9. The Hall–Kier alpha value is -2.25. The van der Waals surface area contributed by atoms with E-state index in [1.165, 1.54) is 17.7 Å². The molecule has 0 fully saturated rings. The molecule has 0 aliphatic carbocycles. The van der Waals surface area contributed by atoms with Crippen molar-refractivity contribution in [3.63, 3.8) is 0 Å². The van der Waals surface area contributed by atoms with Crippen molar-refractivity contribution in [1.29, 1.82) is 0 Å². The maximum atomic E-state index is 12.3. The van der Waals surface area contributed by atoms with Gasteiger partial charge in [-0.05, 0) is 25.0 Å². The van der Waals surface area contributed by atoms with E-state index in [4.69, 9.17) is 11.6 Å². The number of carbonyl (C=O) groups excluding carboxylic acids is 1. The first kappa shape index (κ1) is 15.6. The van der Waals surface area contributed by atoms with E-state index in [1.54, 1.807) is 6.92 Å². The van der Waals surface area contributed by atoms with Gasteiger partial charge in [0, 0.05) is 11.6 Å². The number of nitrogens with zero attached hydrogens (tertiary/aromatic N) is 3. The van der Waals surface area contributed by atoms with Gasteiger partial charge in [0.15, 0.2) is 10.8 Å². The van der Waals surface area contributed by atoms with Gasteiger partial charge in [-0.2, -0.15) is 5.10 Å². The highest BCUT2D eigenvalue weighted by atomic mass is 35.5. The van der Waals surface area contributed by atoms with Crippen molar-refractivity contribution in [2.45, 2.75) is 13.3 Å². The van der Waals surface area contributed by atoms with E-state index in [9.17, 15) is 4.79 Å². The van der Waals surface area contributed by atoms with Gasteiger partial charge in [-0.1, -0.05) is 29.8 Å². The first-order valence-electron chi connectivity index (χ1n) is 7.00. The molecule has 0 atom stereocenters. The van der Waals surface area contributed by atoms with Gasteiger partial charge in [0.2, 0.25) is 0 Å². The third kappa shape index (κ3) is 3.57. The summed E-state index contributed by atoms with van der Waals surface area (Å²) in [5, 5.41) is 10.8. The van der Waals surface area contributed by atoms with Crippen LogP contribution in [0.3, 0.4) is 0 Å². The molecule has 6 nitrogen and oxygen atoms in total. The Bertz CT molecular complexity index is 815. The number of benzene rings is 1. The van der Waals surface area contributed by atoms with E-state index in [1.807, 2.05) is 24.3 Å². The van der Waals surface area contributed by atoms with Crippen LogP contribution >= 0.6 is 22.9 Å². The second-order valence-electron chi connectivity index (χ2n) is 4.86. The zero-order valence-electron chi connectivity index (χ0n) is 12.3. The molecule has 0 saturated heterocycles. The fourth-order valence-corrected chi connectivity index (χ4v) is 3.27. The Kier molecular flexibility index (Phi) is 4.68. The van der Waals surface area contributed by atoms with Crippen LogP contribution in [0.5, 0.6) is 0 Å². The lowest BCUT2D eigenvalue weighted by molar-refractivity contribution is 0.0957. The number of H-pyrrole nitrogens is 1. The Balaban J connectivity index is 1.64. The molecule has 0 bridgehead atoms. The maximum Gasteiger partial charge on any atom is 0.263 e. The molecule has 2 aromatic heterocycles. The van der Waals surface area contributed by atoms with Gasteiger partial charge in [-0.3, -0.25) is 9.89 Å². The minimum atomic E-state index is -0.141. The van der Waals surface area contributed by atoms with Crippen LogP contribution in [0.4, 0.5) is 0 Å². The van der Waals surface area contributed by atoms with Crippen LogP contribution in [-0.2, 0) is 6.42 Å². The van der Waals surface area contributed by atoms with Crippen LogP contribution in [0.2, 0.25) is 5.02 Å². The number of rotatable bonds is 5. The molecular weight excluding hydrogens is 334 g/mol. The number of aromatic nitrogens is 4. The topological polar surface area (TPSA) is 83.6 Å². The molecule has 1 aromatic carbocycles. The SMILES string of the molecule is Cc1nc(-c2ncn[nH]2)sc1C(=O)NCCc1ccccc1Cl. The number of amides is 1. The number of hydrogen-bond donors (Lipinski definition) is 2. The second kappa shape index (κ2) is 6.89. The van der Waals surface area contributed by atoms with E-state index in [-0.39, 0.29) is 5.91 Å². The van der Waals surface area contributed by atoms with Gasteiger partial charge < -0.3 is 5.32 Å². The summed E-state index contributed by atoms with van der Waals surface area (Å²) in [5.41, 5.74) is 1.69. The number of thiazole rings is 1. The van der Waals surface area contributed by atoms with E-state index in [0.29, 0.717) is 39.4 Å². The first-order valence-corrected chi connectivity index (χ1v) is 8.19. The standard InChI is InChI=1S/C15H14ClN5OS/c1-9-12(23-15(20-9)13-18-8-19-21-13)14(22)17-7-6-10-4-2-3-5-11(10)16/h2-5,8H,6-7H2,1H3,(H,17,22)(H,18,19,21). The third-order valence-electron chi connectivity index (χ3n) is 3.26. The van der Waals surface area contributed by atoms with Crippen LogP contribution in [-0.4, -0.2) is 32.6 Å². The van der Waals surface area contributed by atoms with Crippen molar-refractivity contribution in [2.75, 3.05) is 6.54 Å². The van der Waals surface area contributed by atoms with Crippen molar-refractivity contribution < 1.29 is 4.79 Å². The molecule has 0 aliphatic rings. The van der Waals surface area contributed by atoms with Gasteiger partial charge in [-0.15, -0.1) is 11.3 Å². The molecule has 0 saturated carbocycles. The number of carbonyl (C=O) groups is 1. The van der Waals surface area contributed by atoms with Crippen molar-refractivity contribution in [2.24, 2.45) is 0 Å². The Morgan fingerprint density at radius 1 is 1.39 bits per heavy atom. The van der Waals surface area contributed by atoms with Crippen LogP contribution in [0, 0.1) is 6.92 Å². The fraction of sp³-hybridized carbons (Fsp3) is 0.200. The number of halogens is 1. The predicted octanol–water partition coefficient (Wildman–Crippen LogP) is 2.86. The summed E-state index contributed by atoms with van der Waals surface area (Å²) in [6, 6.07) is 7.61.